The highest BCUT2D eigenvalue weighted by molar-refractivity contribution is 7.99. The lowest BCUT2D eigenvalue weighted by Crippen LogP contribution is -2.31. The van der Waals surface area contributed by atoms with Crippen LogP contribution in [0.15, 0.2) is 58.9 Å². The standard InChI is InChI=1S/C26H31N5O4S/c1-6-14-36-26-29-25-27-16(3)22(24(32)28-18-10-8-9-11-19(18)35-7-2)23(31(25)30-26)17-12-13-20(33-4)21(15-17)34-5/h8-13,15,23H,6-7,14H2,1-5H3,(H,28,32)(H,27,29,30). The van der Waals surface area contributed by atoms with Crippen LogP contribution >= 0.6 is 11.8 Å². The van der Waals surface area contributed by atoms with Crippen molar-refractivity contribution in [2.45, 2.75) is 38.4 Å². The van der Waals surface area contributed by atoms with Crippen molar-refractivity contribution >= 4 is 29.3 Å². The summed E-state index contributed by atoms with van der Waals surface area (Å²) in [6, 6.07) is 12.5. The summed E-state index contributed by atoms with van der Waals surface area (Å²) in [4.78, 5) is 18.5. The molecule has 0 saturated carbocycles. The van der Waals surface area contributed by atoms with Gasteiger partial charge in [0, 0.05) is 11.4 Å². The molecule has 2 heterocycles. The fourth-order valence-corrected chi connectivity index (χ4v) is 4.74. The molecule has 36 heavy (non-hydrogen) atoms. The van der Waals surface area contributed by atoms with Crippen molar-refractivity contribution in [3.8, 4) is 17.2 Å². The quantitative estimate of drug-likeness (QED) is 0.363. The third kappa shape index (κ3) is 5.13. The van der Waals surface area contributed by atoms with E-state index in [0.29, 0.717) is 51.9 Å². The van der Waals surface area contributed by atoms with E-state index in [-0.39, 0.29) is 5.91 Å². The van der Waals surface area contributed by atoms with E-state index in [4.69, 9.17) is 19.3 Å². The van der Waals surface area contributed by atoms with E-state index in [0.717, 1.165) is 17.7 Å². The largest absolute Gasteiger partial charge is 0.493 e. The molecule has 1 aliphatic heterocycles. The molecule has 0 aliphatic carbocycles. The molecule has 0 saturated heterocycles. The number of methoxy groups -OCH3 is 2. The number of hydrogen-bond donors (Lipinski definition) is 2. The third-order valence-electron chi connectivity index (χ3n) is 5.67. The van der Waals surface area contributed by atoms with Gasteiger partial charge < -0.3 is 24.8 Å². The number of ether oxygens (including phenoxy) is 3. The first-order chi connectivity index (χ1) is 17.5. The Hall–Kier alpha value is -3.66. The summed E-state index contributed by atoms with van der Waals surface area (Å²) in [5.74, 6) is 2.99. The van der Waals surface area contributed by atoms with Crippen molar-refractivity contribution in [1.29, 1.82) is 0 Å². The van der Waals surface area contributed by atoms with Crippen molar-refractivity contribution in [3.05, 3.63) is 59.3 Å². The minimum atomic E-state index is -0.538. The van der Waals surface area contributed by atoms with Crippen LogP contribution in [0.5, 0.6) is 17.2 Å². The number of aromatic nitrogens is 3. The molecule has 0 radical (unpaired) electrons. The molecule has 1 atom stereocenters. The van der Waals surface area contributed by atoms with Crippen molar-refractivity contribution in [2.24, 2.45) is 0 Å². The zero-order valence-corrected chi connectivity index (χ0v) is 21.9. The lowest BCUT2D eigenvalue weighted by molar-refractivity contribution is -0.113. The van der Waals surface area contributed by atoms with Crippen LogP contribution in [-0.4, -0.2) is 47.3 Å². The van der Waals surface area contributed by atoms with Crippen LogP contribution in [0.2, 0.25) is 0 Å². The summed E-state index contributed by atoms with van der Waals surface area (Å²) in [5, 5.41) is 11.7. The van der Waals surface area contributed by atoms with Crippen LogP contribution in [0.4, 0.5) is 11.6 Å². The van der Waals surface area contributed by atoms with Gasteiger partial charge >= 0.3 is 0 Å². The van der Waals surface area contributed by atoms with E-state index < -0.39 is 6.04 Å². The molecule has 4 rings (SSSR count). The summed E-state index contributed by atoms with van der Waals surface area (Å²) in [6.07, 6.45) is 1.01. The van der Waals surface area contributed by atoms with E-state index in [2.05, 4.69) is 22.5 Å². The molecule has 1 aromatic heterocycles. The molecule has 1 aliphatic rings. The molecule has 3 aromatic rings. The fraction of sp³-hybridized carbons (Fsp3) is 0.346. The summed E-state index contributed by atoms with van der Waals surface area (Å²) in [5.41, 5.74) is 2.61. The van der Waals surface area contributed by atoms with E-state index >= 15 is 0 Å². The fourth-order valence-electron chi connectivity index (χ4n) is 4.05. The Balaban J connectivity index is 1.79. The lowest BCUT2D eigenvalue weighted by atomic mass is 9.94. The topological polar surface area (TPSA) is 99.5 Å². The maximum absolute atomic E-state index is 13.8. The van der Waals surface area contributed by atoms with Gasteiger partial charge in [0.05, 0.1) is 32.1 Å². The smallest absolute Gasteiger partial charge is 0.255 e. The molecule has 9 nitrogen and oxygen atoms in total. The van der Waals surface area contributed by atoms with Crippen molar-refractivity contribution in [3.63, 3.8) is 0 Å². The number of benzene rings is 2. The number of nitrogens with zero attached hydrogens (tertiary/aromatic N) is 3. The summed E-state index contributed by atoms with van der Waals surface area (Å²) < 4.78 is 18.4. The molecule has 2 N–H and O–H groups in total. The van der Waals surface area contributed by atoms with Crippen molar-refractivity contribution in [2.75, 3.05) is 37.2 Å². The Morgan fingerprint density at radius 2 is 1.89 bits per heavy atom. The van der Waals surface area contributed by atoms with Gasteiger partial charge in [0.2, 0.25) is 11.1 Å². The monoisotopic (exact) mass is 509 g/mol. The minimum Gasteiger partial charge on any atom is -0.493 e. The number of carbonyl (C=O) groups excluding carboxylic acids is 1. The van der Waals surface area contributed by atoms with Gasteiger partial charge in [-0.2, -0.15) is 4.98 Å². The average Bonchev–Trinajstić information content (AvgIpc) is 3.29. The first-order valence-electron chi connectivity index (χ1n) is 11.8. The Morgan fingerprint density at radius 1 is 1.11 bits per heavy atom. The zero-order valence-electron chi connectivity index (χ0n) is 21.1. The van der Waals surface area contributed by atoms with E-state index in [9.17, 15) is 4.79 Å². The Morgan fingerprint density at radius 3 is 2.61 bits per heavy atom. The van der Waals surface area contributed by atoms with Gasteiger partial charge in [0.25, 0.3) is 5.91 Å². The molecule has 0 fully saturated rings. The van der Waals surface area contributed by atoms with Crippen LogP contribution in [0.1, 0.15) is 38.8 Å². The Labute approximate surface area is 215 Å². The van der Waals surface area contributed by atoms with Gasteiger partial charge in [-0.25, -0.2) is 4.68 Å². The number of para-hydroxylation sites is 2. The van der Waals surface area contributed by atoms with Crippen LogP contribution in [0, 0.1) is 0 Å². The maximum Gasteiger partial charge on any atom is 0.255 e. The molecule has 0 spiro atoms. The minimum absolute atomic E-state index is 0.268. The van der Waals surface area contributed by atoms with E-state index in [1.54, 1.807) is 30.7 Å². The van der Waals surface area contributed by atoms with Gasteiger partial charge in [-0.15, -0.1) is 5.10 Å². The summed E-state index contributed by atoms with van der Waals surface area (Å²) in [6.45, 7) is 6.38. The number of nitrogens with one attached hydrogen (secondary N) is 2. The molecule has 1 amide bonds. The lowest BCUT2D eigenvalue weighted by Gasteiger charge is -2.29. The number of rotatable bonds is 10. The Kier molecular flexibility index (Phi) is 8.04. The first kappa shape index (κ1) is 25.4. The van der Waals surface area contributed by atoms with E-state index in [1.165, 1.54) is 0 Å². The first-order valence-corrected chi connectivity index (χ1v) is 12.8. The summed E-state index contributed by atoms with van der Waals surface area (Å²) in [7, 11) is 3.18. The Bertz CT molecular complexity index is 1270. The summed E-state index contributed by atoms with van der Waals surface area (Å²) >= 11 is 1.58. The van der Waals surface area contributed by atoms with Crippen LogP contribution in [0.3, 0.4) is 0 Å². The highest BCUT2D eigenvalue weighted by Gasteiger charge is 2.35. The molecule has 10 heteroatoms. The SMILES string of the molecule is CCCSc1nc2n(n1)C(c1ccc(OC)c(OC)c1)C(C(=O)Nc1ccccc1OCC)=C(C)N2. The van der Waals surface area contributed by atoms with Gasteiger partial charge in [-0.3, -0.25) is 4.79 Å². The molecule has 0 bridgehead atoms. The second-order valence-corrected chi connectivity index (χ2v) is 9.14. The predicted molar refractivity (Wildman–Crippen MR) is 141 cm³/mol. The molecular weight excluding hydrogens is 478 g/mol. The number of hydrogen-bond acceptors (Lipinski definition) is 8. The normalized spacial score (nSPS) is 14.6. The molecule has 2 aromatic carbocycles. The maximum atomic E-state index is 13.8. The third-order valence-corrected chi connectivity index (χ3v) is 6.72. The van der Waals surface area contributed by atoms with Gasteiger partial charge in [0.1, 0.15) is 11.8 Å². The molecule has 1 unspecified atom stereocenters. The number of allylic oxidation sites excluding steroid dienone is 1. The highest BCUT2D eigenvalue weighted by Crippen LogP contribution is 2.40. The average molecular weight is 510 g/mol. The number of fused-ring (bicyclic) bond motifs is 1. The molecule has 190 valence electrons. The highest BCUT2D eigenvalue weighted by atomic mass is 32.2. The van der Waals surface area contributed by atoms with E-state index in [1.807, 2.05) is 56.3 Å². The van der Waals surface area contributed by atoms with Crippen molar-refractivity contribution < 1.29 is 19.0 Å². The van der Waals surface area contributed by atoms with Crippen LogP contribution in [0.25, 0.3) is 0 Å². The van der Waals surface area contributed by atoms with Crippen LogP contribution < -0.4 is 24.8 Å². The van der Waals surface area contributed by atoms with Gasteiger partial charge in [0.15, 0.2) is 11.5 Å². The second kappa shape index (κ2) is 11.4. The number of carbonyl (C=O) groups is 1. The second-order valence-electron chi connectivity index (χ2n) is 8.07. The van der Waals surface area contributed by atoms with Gasteiger partial charge in [-0.05, 0) is 50.1 Å². The molecular formula is C26H31N5O4S. The number of thioether (sulfide) groups is 1. The van der Waals surface area contributed by atoms with Gasteiger partial charge in [-0.1, -0.05) is 36.9 Å². The number of amides is 1. The van der Waals surface area contributed by atoms with Crippen LogP contribution in [-0.2, 0) is 4.79 Å². The zero-order chi connectivity index (χ0) is 25.7. The van der Waals surface area contributed by atoms with Crippen molar-refractivity contribution in [1.82, 2.24) is 14.8 Å². The predicted octanol–water partition coefficient (Wildman–Crippen LogP) is 5.12. The number of anilines is 2.